The molecule has 0 bridgehead atoms. The molecule has 96 valence electrons. The van der Waals surface area contributed by atoms with E-state index in [4.69, 9.17) is 27.3 Å². The molecule has 1 aromatic rings. The highest BCUT2D eigenvalue weighted by Gasteiger charge is 2.28. The second kappa shape index (κ2) is 5.60. The lowest BCUT2D eigenvalue weighted by atomic mass is 9.83. The van der Waals surface area contributed by atoms with Gasteiger partial charge in [-0.1, -0.05) is 30.9 Å². The quantitative estimate of drug-likeness (QED) is 0.912. The first-order chi connectivity index (χ1) is 8.63. The van der Waals surface area contributed by atoms with Crippen LogP contribution in [0.2, 0.25) is 5.02 Å². The van der Waals surface area contributed by atoms with E-state index in [1.54, 1.807) is 18.2 Å². The lowest BCUT2D eigenvalue weighted by molar-refractivity contribution is 0.173. The third-order valence-corrected chi connectivity index (χ3v) is 3.66. The smallest absolute Gasteiger partial charge is 0.137 e. The third-order valence-electron chi connectivity index (χ3n) is 3.43. The van der Waals surface area contributed by atoms with Gasteiger partial charge in [-0.2, -0.15) is 5.26 Å². The Balaban J connectivity index is 2.04. The zero-order valence-corrected chi connectivity index (χ0v) is 11.0. The van der Waals surface area contributed by atoms with Crippen molar-refractivity contribution in [3.05, 3.63) is 28.8 Å². The second-order valence-electron chi connectivity index (χ2n) is 4.96. The molecule has 2 rings (SSSR count). The van der Waals surface area contributed by atoms with Crippen molar-refractivity contribution in [3.8, 4) is 11.8 Å². The van der Waals surface area contributed by atoms with E-state index in [1.807, 2.05) is 0 Å². The molecule has 0 saturated heterocycles. The molecule has 0 atom stereocenters. The molecule has 0 aliphatic heterocycles. The molecular formula is C14H17ClN2O. The maximum Gasteiger partial charge on any atom is 0.137 e. The summed E-state index contributed by atoms with van der Waals surface area (Å²) in [5.41, 5.74) is 6.51. The Labute approximate surface area is 112 Å². The first-order valence-corrected chi connectivity index (χ1v) is 6.62. The topological polar surface area (TPSA) is 59.0 Å². The maximum atomic E-state index is 9.02. The van der Waals surface area contributed by atoms with Crippen LogP contribution in [0.3, 0.4) is 0 Å². The Morgan fingerprint density at radius 1 is 1.33 bits per heavy atom. The van der Waals surface area contributed by atoms with Crippen molar-refractivity contribution in [2.45, 2.75) is 37.6 Å². The number of ether oxygens (including phenoxy) is 1. The standard InChI is InChI=1S/C14H17ClN2O/c15-12-4-5-13(11(8-12)9-16)18-10-14(17)6-2-1-3-7-14/h4-5,8H,1-3,6-7,10,17H2. The van der Waals surface area contributed by atoms with Gasteiger partial charge in [0.15, 0.2) is 0 Å². The summed E-state index contributed by atoms with van der Waals surface area (Å²) < 4.78 is 5.72. The number of rotatable bonds is 3. The van der Waals surface area contributed by atoms with Gasteiger partial charge in [-0.25, -0.2) is 0 Å². The number of nitriles is 1. The van der Waals surface area contributed by atoms with Gasteiger partial charge in [-0.3, -0.25) is 0 Å². The Morgan fingerprint density at radius 3 is 2.72 bits per heavy atom. The van der Waals surface area contributed by atoms with Crippen LogP contribution in [0.5, 0.6) is 5.75 Å². The molecule has 0 aromatic heterocycles. The van der Waals surface area contributed by atoms with E-state index in [-0.39, 0.29) is 5.54 Å². The summed E-state index contributed by atoms with van der Waals surface area (Å²) in [5, 5.41) is 9.56. The van der Waals surface area contributed by atoms with E-state index in [2.05, 4.69) is 6.07 Å². The molecular weight excluding hydrogens is 248 g/mol. The van der Waals surface area contributed by atoms with Crippen molar-refractivity contribution in [1.82, 2.24) is 0 Å². The zero-order valence-electron chi connectivity index (χ0n) is 10.3. The average Bonchev–Trinajstić information content (AvgIpc) is 2.38. The van der Waals surface area contributed by atoms with Gasteiger partial charge in [0.1, 0.15) is 18.4 Å². The van der Waals surface area contributed by atoms with E-state index in [9.17, 15) is 0 Å². The van der Waals surface area contributed by atoms with Gasteiger partial charge in [0, 0.05) is 5.02 Å². The number of benzene rings is 1. The molecule has 18 heavy (non-hydrogen) atoms. The highest BCUT2D eigenvalue weighted by Crippen LogP contribution is 2.28. The predicted octanol–water partition coefficient (Wildman–Crippen LogP) is 3.25. The number of hydrogen-bond donors (Lipinski definition) is 1. The van der Waals surface area contributed by atoms with E-state index >= 15 is 0 Å². The molecule has 0 amide bonds. The van der Waals surface area contributed by atoms with Crippen molar-refractivity contribution in [2.24, 2.45) is 5.73 Å². The predicted molar refractivity (Wildman–Crippen MR) is 71.7 cm³/mol. The first kappa shape index (κ1) is 13.2. The summed E-state index contributed by atoms with van der Waals surface area (Å²) >= 11 is 5.84. The molecule has 0 spiro atoms. The van der Waals surface area contributed by atoms with Gasteiger partial charge in [0.05, 0.1) is 11.1 Å². The van der Waals surface area contributed by atoms with Crippen molar-refractivity contribution in [2.75, 3.05) is 6.61 Å². The number of hydrogen-bond acceptors (Lipinski definition) is 3. The Bertz CT molecular complexity index is 461. The molecule has 0 unspecified atom stereocenters. The van der Waals surface area contributed by atoms with Crippen LogP contribution in [0.4, 0.5) is 0 Å². The summed E-state index contributed by atoms with van der Waals surface area (Å²) in [4.78, 5) is 0. The molecule has 0 radical (unpaired) electrons. The van der Waals surface area contributed by atoms with Crippen LogP contribution in [0.1, 0.15) is 37.7 Å². The number of nitrogens with zero attached hydrogens (tertiary/aromatic N) is 1. The minimum atomic E-state index is -0.245. The van der Waals surface area contributed by atoms with Crippen molar-refractivity contribution in [3.63, 3.8) is 0 Å². The lowest BCUT2D eigenvalue weighted by Crippen LogP contribution is -2.47. The summed E-state index contributed by atoms with van der Waals surface area (Å²) in [6.07, 6.45) is 5.55. The van der Waals surface area contributed by atoms with Crippen LogP contribution >= 0.6 is 11.6 Å². The van der Waals surface area contributed by atoms with E-state index in [0.29, 0.717) is 22.9 Å². The van der Waals surface area contributed by atoms with Crippen molar-refractivity contribution in [1.29, 1.82) is 5.26 Å². The number of halogens is 1. The minimum absolute atomic E-state index is 0.245. The monoisotopic (exact) mass is 264 g/mol. The SMILES string of the molecule is N#Cc1cc(Cl)ccc1OCC1(N)CCCCC1. The van der Waals surface area contributed by atoms with Crippen molar-refractivity contribution >= 4 is 11.6 Å². The molecule has 1 aromatic carbocycles. The summed E-state index contributed by atoms with van der Waals surface area (Å²) in [6.45, 7) is 0.462. The van der Waals surface area contributed by atoms with Gasteiger partial charge in [0.25, 0.3) is 0 Å². The molecule has 0 heterocycles. The molecule has 3 nitrogen and oxygen atoms in total. The highest BCUT2D eigenvalue weighted by atomic mass is 35.5. The van der Waals surface area contributed by atoms with Gasteiger partial charge in [-0.05, 0) is 31.0 Å². The van der Waals surface area contributed by atoms with Crippen LogP contribution in [-0.4, -0.2) is 12.1 Å². The fourth-order valence-corrected chi connectivity index (χ4v) is 2.51. The zero-order chi connectivity index (χ0) is 13.0. The summed E-state index contributed by atoms with van der Waals surface area (Å²) in [5.74, 6) is 0.567. The minimum Gasteiger partial charge on any atom is -0.490 e. The number of nitrogens with two attached hydrogens (primary N) is 1. The lowest BCUT2D eigenvalue weighted by Gasteiger charge is -2.33. The normalized spacial score (nSPS) is 18.1. The van der Waals surface area contributed by atoms with Gasteiger partial charge in [-0.15, -0.1) is 0 Å². The largest absolute Gasteiger partial charge is 0.490 e. The van der Waals surface area contributed by atoms with Crippen LogP contribution in [0.25, 0.3) is 0 Å². The van der Waals surface area contributed by atoms with Crippen LogP contribution in [-0.2, 0) is 0 Å². The van der Waals surface area contributed by atoms with E-state index in [0.717, 1.165) is 25.7 Å². The molecule has 4 heteroatoms. The fourth-order valence-electron chi connectivity index (χ4n) is 2.34. The van der Waals surface area contributed by atoms with E-state index < -0.39 is 0 Å². The molecule has 1 aliphatic rings. The summed E-state index contributed by atoms with van der Waals surface area (Å²) in [7, 11) is 0. The Morgan fingerprint density at radius 2 is 2.06 bits per heavy atom. The first-order valence-electron chi connectivity index (χ1n) is 6.24. The maximum absolute atomic E-state index is 9.02. The van der Waals surface area contributed by atoms with Crippen LogP contribution in [0, 0.1) is 11.3 Å². The molecule has 1 saturated carbocycles. The van der Waals surface area contributed by atoms with Gasteiger partial charge in [0.2, 0.25) is 0 Å². The van der Waals surface area contributed by atoms with Gasteiger partial charge < -0.3 is 10.5 Å². The summed E-state index contributed by atoms with van der Waals surface area (Å²) in [6, 6.07) is 7.15. The average molecular weight is 265 g/mol. The molecule has 1 aliphatic carbocycles. The third kappa shape index (κ3) is 3.16. The Hall–Kier alpha value is -1.24. The Kier molecular flexibility index (Phi) is 4.11. The second-order valence-corrected chi connectivity index (χ2v) is 5.40. The van der Waals surface area contributed by atoms with Crippen LogP contribution < -0.4 is 10.5 Å². The van der Waals surface area contributed by atoms with Gasteiger partial charge >= 0.3 is 0 Å². The highest BCUT2D eigenvalue weighted by molar-refractivity contribution is 6.30. The van der Waals surface area contributed by atoms with E-state index in [1.165, 1.54) is 6.42 Å². The fraction of sp³-hybridized carbons (Fsp3) is 0.500. The molecule has 1 fully saturated rings. The van der Waals surface area contributed by atoms with Crippen molar-refractivity contribution < 1.29 is 4.74 Å². The molecule has 2 N–H and O–H groups in total. The van der Waals surface area contributed by atoms with Crippen LogP contribution in [0.15, 0.2) is 18.2 Å².